The zero-order chi connectivity index (χ0) is 12.1. The van der Waals surface area contributed by atoms with Gasteiger partial charge in [-0.05, 0) is 18.1 Å². The van der Waals surface area contributed by atoms with Crippen molar-refractivity contribution >= 4 is 11.9 Å². The molecule has 1 aromatic rings. The molecule has 0 fully saturated rings. The van der Waals surface area contributed by atoms with Crippen molar-refractivity contribution in [2.24, 2.45) is 5.73 Å². The van der Waals surface area contributed by atoms with Crippen LogP contribution in [-0.2, 0) is 16.0 Å². The summed E-state index contributed by atoms with van der Waals surface area (Å²) in [7, 11) is 1.24. The minimum atomic E-state index is -1.03. The number of aromatic carboxylic acids is 1. The van der Waals surface area contributed by atoms with Crippen LogP contribution in [-0.4, -0.2) is 30.2 Å². The van der Waals surface area contributed by atoms with E-state index in [4.69, 9.17) is 10.8 Å². The van der Waals surface area contributed by atoms with Gasteiger partial charge in [-0.1, -0.05) is 18.2 Å². The molecule has 1 atom stereocenters. The van der Waals surface area contributed by atoms with Gasteiger partial charge in [-0.25, -0.2) is 4.79 Å². The first-order valence-corrected chi connectivity index (χ1v) is 4.71. The van der Waals surface area contributed by atoms with Gasteiger partial charge in [-0.3, -0.25) is 4.79 Å². The number of carbonyl (C=O) groups excluding carboxylic acids is 1. The van der Waals surface area contributed by atoms with Crippen molar-refractivity contribution in [3.63, 3.8) is 0 Å². The Labute approximate surface area is 92.8 Å². The largest absolute Gasteiger partial charge is 0.478 e. The number of carbonyl (C=O) groups is 2. The van der Waals surface area contributed by atoms with Crippen LogP contribution in [0.3, 0.4) is 0 Å². The van der Waals surface area contributed by atoms with Crippen LogP contribution in [0.5, 0.6) is 0 Å². The van der Waals surface area contributed by atoms with Crippen molar-refractivity contribution in [3.05, 3.63) is 35.4 Å². The molecule has 0 bridgehead atoms. The number of ether oxygens (including phenoxy) is 1. The van der Waals surface area contributed by atoms with Crippen LogP contribution in [0.15, 0.2) is 24.3 Å². The second-order valence-corrected chi connectivity index (χ2v) is 3.30. The standard InChI is InChI=1S/C11H13NO4/c1-16-11(15)9(12)6-7-4-2-3-5-8(7)10(13)14/h2-5,9H,6,12H2,1H3,(H,13,14)/t9-/m1/s1. The molecule has 0 aliphatic heterocycles. The van der Waals surface area contributed by atoms with Crippen LogP contribution in [0.25, 0.3) is 0 Å². The summed E-state index contributed by atoms with van der Waals surface area (Å²) in [5.41, 5.74) is 6.24. The SMILES string of the molecule is COC(=O)[C@H](N)Cc1ccccc1C(=O)O. The molecule has 5 heteroatoms. The Morgan fingerprint density at radius 3 is 2.62 bits per heavy atom. The van der Waals surface area contributed by atoms with E-state index in [1.165, 1.54) is 13.2 Å². The highest BCUT2D eigenvalue weighted by atomic mass is 16.5. The second kappa shape index (κ2) is 5.27. The number of nitrogens with two attached hydrogens (primary N) is 1. The third-order valence-electron chi connectivity index (χ3n) is 2.19. The molecule has 0 unspecified atom stereocenters. The van der Waals surface area contributed by atoms with E-state index in [9.17, 15) is 9.59 Å². The van der Waals surface area contributed by atoms with Crippen LogP contribution in [0.2, 0.25) is 0 Å². The maximum Gasteiger partial charge on any atom is 0.335 e. The number of hydrogen-bond donors (Lipinski definition) is 2. The highest BCUT2D eigenvalue weighted by molar-refractivity contribution is 5.89. The zero-order valence-electron chi connectivity index (χ0n) is 8.84. The van der Waals surface area contributed by atoms with E-state index >= 15 is 0 Å². The Morgan fingerprint density at radius 2 is 2.06 bits per heavy atom. The van der Waals surface area contributed by atoms with Crippen molar-refractivity contribution in [1.29, 1.82) is 0 Å². The molecule has 0 aliphatic rings. The van der Waals surface area contributed by atoms with Crippen LogP contribution in [0.4, 0.5) is 0 Å². The summed E-state index contributed by atoms with van der Waals surface area (Å²) < 4.78 is 4.47. The summed E-state index contributed by atoms with van der Waals surface area (Å²) in [5, 5.41) is 8.92. The first-order chi connectivity index (χ1) is 7.56. The molecule has 1 rings (SSSR count). The maximum absolute atomic E-state index is 11.1. The number of rotatable bonds is 4. The first kappa shape index (κ1) is 12.2. The van der Waals surface area contributed by atoms with Crippen molar-refractivity contribution < 1.29 is 19.4 Å². The van der Waals surface area contributed by atoms with Crippen LogP contribution in [0, 0.1) is 0 Å². The van der Waals surface area contributed by atoms with Crippen LogP contribution >= 0.6 is 0 Å². The van der Waals surface area contributed by atoms with Gasteiger partial charge in [0.05, 0.1) is 12.7 Å². The maximum atomic E-state index is 11.1. The van der Waals surface area contributed by atoms with E-state index in [1.807, 2.05) is 0 Å². The summed E-state index contributed by atoms with van der Waals surface area (Å²) >= 11 is 0. The Kier molecular flexibility index (Phi) is 4.02. The number of carboxylic acid groups (broad SMARTS) is 1. The molecule has 3 N–H and O–H groups in total. The summed E-state index contributed by atoms with van der Waals surface area (Å²) in [6.07, 6.45) is 0.148. The van der Waals surface area contributed by atoms with Gasteiger partial charge in [0.15, 0.2) is 0 Å². The lowest BCUT2D eigenvalue weighted by Crippen LogP contribution is -2.34. The van der Waals surface area contributed by atoms with Crippen molar-refractivity contribution in [2.45, 2.75) is 12.5 Å². The number of hydrogen-bond acceptors (Lipinski definition) is 4. The fraction of sp³-hybridized carbons (Fsp3) is 0.273. The smallest absolute Gasteiger partial charge is 0.335 e. The van der Waals surface area contributed by atoms with Gasteiger partial charge in [0.2, 0.25) is 0 Å². The highest BCUT2D eigenvalue weighted by Crippen LogP contribution is 2.11. The van der Waals surface area contributed by atoms with Crippen molar-refractivity contribution in [2.75, 3.05) is 7.11 Å². The van der Waals surface area contributed by atoms with Gasteiger partial charge in [0, 0.05) is 0 Å². The molecule has 0 saturated heterocycles. The lowest BCUT2D eigenvalue weighted by molar-refractivity contribution is -0.142. The van der Waals surface area contributed by atoms with Gasteiger partial charge in [0.25, 0.3) is 0 Å². The third kappa shape index (κ3) is 2.80. The number of benzene rings is 1. The molecular weight excluding hydrogens is 210 g/mol. The number of esters is 1. The fourth-order valence-electron chi connectivity index (χ4n) is 1.38. The summed E-state index contributed by atoms with van der Waals surface area (Å²) in [6.45, 7) is 0. The normalized spacial score (nSPS) is 11.9. The van der Waals surface area contributed by atoms with Gasteiger partial charge in [0.1, 0.15) is 6.04 Å². The molecule has 0 amide bonds. The lowest BCUT2D eigenvalue weighted by Gasteiger charge is -2.10. The van der Waals surface area contributed by atoms with E-state index in [2.05, 4.69) is 4.74 Å². The Bertz CT molecular complexity index is 403. The van der Waals surface area contributed by atoms with Gasteiger partial charge in [-0.15, -0.1) is 0 Å². The van der Waals surface area contributed by atoms with E-state index in [0.717, 1.165) is 0 Å². The predicted octanol–water partition coefficient (Wildman–Crippen LogP) is 0.428. The van der Waals surface area contributed by atoms with Crippen LogP contribution in [0.1, 0.15) is 15.9 Å². The van der Waals surface area contributed by atoms with Gasteiger partial charge < -0.3 is 15.6 Å². The number of carboxylic acids is 1. The average Bonchev–Trinajstić information content (AvgIpc) is 2.28. The summed E-state index contributed by atoms with van der Waals surface area (Å²) in [4.78, 5) is 22.0. The Morgan fingerprint density at radius 1 is 1.44 bits per heavy atom. The molecule has 0 saturated carbocycles. The van der Waals surface area contributed by atoms with Crippen molar-refractivity contribution in [3.8, 4) is 0 Å². The van der Waals surface area contributed by atoms with Gasteiger partial charge >= 0.3 is 11.9 Å². The molecule has 0 aromatic heterocycles. The summed E-state index contributed by atoms with van der Waals surface area (Å²) in [5.74, 6) is -1.59. The predicted molar refractivity (Wildman–Crippen MR) is 57.1 cm³/mol. The molecule has 16 heavy (non-hydrogen) atoms. The first-order valence-electron chi connectivity index (χ1n) is 4.71. The molecule has 0 spiro atoms. The molecule has 1 aromatic carbocycles. The van der Waals surface area contributed by atoms with Crippen molar-refractivity contribution in [1.82, 2.24) is 0 Å². The fourth-order valence-corrected chi connectivity index (χ4v) is 1.38. The highest BCUT2D eigenvalue weighted by Gasteiger charge is 2.17. The summed E-state index contributed by atoms with van der Waals surface area (Å²) in [6, 6.07) is 5.58. The monoisotopic (exact) mass is 223 g/mol. The molecule has 5 nitrogen and oxygen atoms in total. The van der Waals surface area contributed by atoms with E-state index in [0.29, 0.717) is 5.56 Å². The molecule has 0 heterocycles. The van der Waals surface area contributed by atoms with Crippen LogP contribution < -0.4 is 5.73 Å². The average molecular weight is 223 g/mol. The molecule has 86 valence electrons. The van der Waals surface area contributed by atoms with E-state index in [1.54, 1.807) is 18.2 Å². The van der Waals surface area contributed by atoms with Gasteiger partial charge in [-0.2, -0.15) is 0 Å². The Balaban J connectivity index is 2.88. The second-order valence-electron chi connectivity index (χ2n) is 3.30. The third-order valence-corrected chi connectivity index (χ3v) is 2.19. The van der Waals surface area contributed by atoms with E-state index < -0.39 is 18.0 Å². The topological polar surface area (TPSA) is 89.6 Å². The minimum Gasteiger partial charge on any atom is -0.478 e. The molecule has 0 aliphatic carbocycles. The molecular formula is C11H13NO4. The minimum absolute atomic E-state index is 0.148. The molecule has 0 radical (unpaired) electrons. The zero-order valence-corrected chi connectivity index (χ0v) is 8.84. The Hall–Kier alpha value is -1.88. The lowest BCUT2D eigenvalue weighted by atomic mass is 10.0. The quantitative estimate of drug-likeness (QED) is 0.722. The number of methoxy groups -OCH3 is 1. The van der Waals surface area contributed by atoms with E-state index in [-0.39, 0.29) is 12.0 Å².